The molecule has 29 heavy (non-hydrogen) atoms. The van der Waals surface area contributed by atoms with E-state index < -0.39 is 0 Å². The number of aliphatic imine (C=N–C) groups is 2. The number of amides is 2. The Kier molecular flexibility index (Phi) is 5.73. The summed E-state index contributed by atoms with van der Waals surface area (Å²) in [5, 5.41) is 1.49. The van der Waals surface area contributed by atoms with Crippen LogP contribution in [-0.4, -0.2) is 57.6 Å². The maximum atomic E-state index is 11.6. The van der Waals surface area contributed by atoms with Gasteiger partial charge >= 0.3 is 0 Å². The first-order chi connectivity index (χ1) is 14.0. The molecule has 2 amide bonds. The van der Waals surface area contributed by atoms with Gasteiger partial charge in [0.05, 0.1) is 22.9 Å². The van der Waals surface area contributed by atoms with Gasteiger partial charge < -0.3 is 0 Å². The zero-order valence-electron chi connectivity index (χ0n) is 16.2. The molecule has 0 N–H and O–H groups in total. The van der Waals surface area contributed by atoms with Crippen molar-refractivity contribution < 1.29 is 9.59 Å². The Bertz CT molecular complexity index is 919. The smallest absolute Gasteiger partial charge is 0.238 e. The van der Waals surface area contributed by atoms with E-state index >= 15 is 0 Å². The van der Waals surface area contributed by atoms with Gasteiger partial charge in [-0.2, -0.15) is 0 Å². The van der Waals surface area contributed by atoms with Gasteiger partial charge in [-0.1, -0.05) is 47.8 Å². The highest BCUT2D eigenvalue weighted by molar-refractivity contribution is 8.15. The van der Waals surface area contributed by atoms with Crippen LogP contribution in [-0.2, 0) is 16.0 Å². The summed E-state index contributed by atoms with van der Waals surface area (Å²) in [6.45, 7) is 0. The molecule has 6 nitrogen and oxygen atoms in total. The van der Waals surface area contributed by atoms with Gasteiger partial charge in [-0.25, -0.2) is 9.98 Å². The first-order valence-corrected chi connectivity index (χ1v) is 11.1. The zero-order valence-corrected chi connectivity index (χ0v) is 17.8. The van der Waals surface area contributed by atoms with Crippen LogP contribution in [0.1, 0.15) is 11.1 Å². The van der Waals surface area contributed by atoms with Crippen molar-refractivity contribution in [2.24, 2.45) is 9.98 Å². The number of hydrogen-bond donors (Lipinski definition) is 0. The molecule has 0 aromatic heterocycles. The Balaban J connectivity index is 1.41. The number of amidine groups is 2. The van der Waals surface area contributed by atoms with E-state index in [-0.39, 0.29) is 11.8 Å². The normalized spacial score (nSPS) is 19.8. The maximum Gasteiger partial charge on any atom is 0.238 e. The van der Waals surface area contributed by atoms with Gasteiger partial charge in [-0.15, -0.1) is 0 Å². The summed E-state index contributed by atoms with van der Waals surface area (Å²) in [6, 6.07) is 16.1. The summed E-state index contributed by atoms with van der Waals surface area (Å²) in [5.74, 6) is 1.09. The number of carbonyl (C=O) groups excluding carboxylic acids is 2. The molecule has 2 aliphatic rings. The van der Waals surface area contributed by atoms with Crippen LogP contribution in [0.25, 0.3) is 0 Å². The third-order valence-corrected chi connectivity index (χ3v) is 6.73. The lowest BCUT2D eigenvalue weighted by Crippen LogP contribution is -2.24. The van der Waals surface area contributed by atoms with Gasteiger partial charge in [0.15, 0.2) is 10.3 Å². The fraction of sp³-hybridized carbons (Fsp3) is 0.238. The van der Waals surface area contributed by atoms with E-state index in [0.717, 1.165) is 28.1 Å². The van der Waals surface area contributed by atoms with Gasteiger partial charge in [0.25, 0.3) is 0 Å². The standard InChI is InChI=1S/C21H20N4O2S2/c1-24-18(26)12-28-20(24)22-16-7-3-14(4-8-16)11-15-5-9-17(10-6-15)23-21-25(2)19(27)13-29-21/h3-10H,11-13H2,1-2H3. The van der Waals surface area contributed by atoms with E-state index in [4.69, 9.17) is 0 Å². The number of rotatable bonds is 4. The molecule has 0 bridgehead atoms. The van der Waals surface area contributed by atoms with E-state index in [2.05, 4.69) is 34.3 Å². The lowest BCUT2D eigenvalue weighted by Gasteiger charge is -2.09. The van der Waals surface area contributed by atoms with Crippen molar-refractivity contribution in [1.29, 1.82) is 0 Å². The lowest BCUT2D eigenvalue weighted by molar-refractivity contribution is -0.124. The molecule has 2 saturated heterocycles. The summed E-state index contributed by atoms with van der Waals surface area (Å²) in [5.41, 5.74) is 4.06. The average molecular weight is 425 g/mol. The summed E-state index contributed by atoms with van der Waals surface area (Å²) >= 11 is 2.93. The van der Waals surface area contributed by atoms with Crippen molar-refractivity contribution in [1.82, 2.24) is 9.80 Å². The molecule has 2 heterocycles. The fourth-order valence-corrected chi connectivity index (χ4v) is 4.72. The molecule has 4 rings (SSSR count). The molecule has 2 aromatic rings. The minimum atomic E-state index is 0.0868. The van der Waals surface area contributed by atoms with Gasteiger partial charge in [-0.05, 0) is 41.8 Å². The molecule has 148 valence electrons. The molecule has 0 aliphatic carbocycles. The molecule has 0 spiro atoms. The molecule has 0 radical (unpaired) electrons. The predicted molar refractivity (Wildman–Crippen MR) is 120 cm³/mol. The third-order valence-electron chi connectivity index (χ3n) is 4.70. The van der Waals surface area contributed by atoms with Crippen molar-refractivity contribution in [2.75, 3.05) is 25.6 Å². The molecular formula is C21H20N4O2S2. The van der Waals surface area contributed by atoms with Crippen molar-refractivity contribution in [3.05, 3.63) is 59.7 Å². The number of benzene rings is 2. The fourth-order valence-electron chi connectivity index (χ4n) is 2.90. The minimum Gasteiger partial charge on any atom is -0.294 e. The summed E-state index contributed by atoms with van der Waals surface area (Å²) in [6.07, 6.45) is 0.813. The summed E-state index contributed by atoms with van der Waals surface area (Å²) in [4.78, 5) is 35.5. The van der Waals surface area contributed by atoms with Gasteiger partial charge in [0.1, 0.15) is 0 Å². The molecule has 0 atom stereocenters. The van der Waals surface area contributed by atoms with E-state index in [1.54, 1.807) is 23.9 Å². The second-order valence-corrected chi connectivity index (χ2v) is 8.67. The first-order valence-electron chi connectivity index (χ1n) is 9.13. The monoisotopic (exact) mass is 424 g/mol. The summed E-state index contributed by atoms with van der Waals surface area (Å²) in [7, 11) is 3.51. The second-order valence-electron chi connectivity index (χ2n) is 6.78. The van der Waals surface area contributed by atoms with E-state index in [1.807, 2.05) is 24.3 Å². The average Bonchev–Trinajstić information content (AvgIpc) is 3.21. The van der Waals surface area contributed by atoms with Crippen molar-refractivity contribution in [3.63, 3.8) is 0 Å². The van der Waals surface area contributed by atoms with Crippen LogP contribution in [0.3, 0.4) is 0 Å². The van der Waals surface area contributed by atoms with Gasteiger partial charge in [0, 0.05) is 14.1 Å². The molecule has 0 saturated carbocycles. The van der Waals surface area contributed by atoms with Gasteiger partial charge in [-0.3, -0.25) is 19.4 Å². The molecule has 2 fully saturated rings. The Morgan fingerprint density at radius 1 is 0.724 bits per heavy atom. The zero-order chi connectivity index (χ0) is 20.4. The minimum absolute atomic E-state index is 0.0868. The number of nitrogens with zero attached hydrogens (tertiary/aromatic N) is 4. The third kappa shape index (κ3) is 4.54. The van der Waals surface area contributed by atoms with Gasteiger partial charge in [0.2, 0.25) is 11.8 Å². The predicted octanol–water partition coefficient (Wildman–Crippen LogP) is 3.66. The number of hydrogen-bond acceptors (Lipinski definition) is 6. The van der Waals surface area contributed by atoms with Crippen LogP contribution in [0.2, 0.25) is 0 Å². The van der Waals surface area contributed by atoms with E-state index in [9.17, 15) is 9.59 Å². The number of carbonyl (C=O) groups is 2. The largest absolute Gasteiger partial charge is 0.294 e. The van der Waals surface area contributed by atoms with Crippen LogP contribution < -0.4 is 0 Å². The van der Waals surface area contributed by atoms with Crippen LogP contribution in [0.15, 0.2) is 58.5 Å². The number of thioether (sulfide) groups is 2. The molecule has 2 aliphatic heterocycles. The van der Waals surface area contributed by atoms with Crippen molar-refractivity contribution in [2.45, 2.75) is 6.42 Å². The van der Waals surface area contributed by atoms with Crippen LogP contribution in [0.5, 0.6) is 0 Å². The van der Waals surface area contributed by atoms with E-state index in [0.29, 0.717) is 11.5 Å². The Morgan fingerprint density at radius 3 is 1.41 bits per heavy atom. The lowest BCUT2D eigenvalue weighted by atomic mass is 10.0. The van der Waals surface area contributed by atoms with Crippen LogP contribution in [0, 0.1) is 0 Å². The van der Waals surface area contributed by atoms with Crippen molar-refractivity contribution in [3.8, 4) is 0 Å². The van der Waals surface area contributed by atoms with Crippen molar-refractivity contribution >= 4 is 57.0 Å². The Hall–Kier alpha value is -2.58. The molecular weight excluding hydrogens is 404 g/mol. The van der Waals surface area contributed by atoms with E-state index in [1.165, 1.54) is 34.7 Å². The summed E-state index contributed by atoms with van der Waals surface area (Å²) < 4.78 is 0. The van der Waals surface area contributed by atoms with Crippen LogP contribution in [0.4, 0.5) is 11.4 Å². The Morgan fingerprint density at radius 2 is 1.10 bits per heavy atom. The molecule has 2 aromatic carbocycles. The first kappa shape index (κ1) is 19.7. The quantitative estimate of drug-likeness (QED) is 0.751. The maximum absolute atomic E-state index is 11.6. The second kappa shape index (κ2) is 8.42. The van der Waals surface area contributed by atoms with Crippen LogP contribution >= 0.6 is 23.5 Å². The highest BCUT2D eigenvalue weighted by atomic mass is 32.2. The Labute approximate surface area is 178 Å². The SMILES string of the molecule is CN1C(=O)CSC1=Nc1ccc(Cc2ccc(N=C3SCC(=O)N3C)cc2)cc1. The molecule has 8 heteroatoms. The highest BCUT2D eigenvalue weighted by Gasteiger charge is 2.24. The topological polar surface area (TPSA) is 65.3 Å². The molecule has 0 unspecified atom stereocenters. The highest BCUT2D eigenvalue weighted by Crippen LogP contribution is 2.25.